The van der Waals surface area contributed by atoms with Gasteiger partial charge in [-0.3, -0.25) is 4.79 Å². The highest BCUT2D eigenvalue weighted by Crippen LogP contribution is 2.46. The van der Waals surface area contributed by atoms with Crippen molar-refractivity contribution in [2.75, 3.05) is 0 Å². The summed E-state index contributed by atoms with van der Waals surface area (Å²) in [5, 5.41) is 22.3. The summed E-state index contributed by atoms with van der Waals surface area (Å²) >= 11 is 0. The Kier molecular flexibility index (Phi) is 2.87. The number of nitrogens with one attached hydrogen (secondary N) is 1. The molecule has 0 unspecified atom stereocenters. The van der Waals surface area contributed by atoms with Gasteiger partial charge in [0, 0.05) is 17.4 Å². The molecule has 104 valence electrons. The zero-order valence-corrected chi connectivity index (χ0v) is 10.7. The van der Waals surface area contributed by atoms with Gasteiger partial charge in [-0.25, -0.2) is 4.79 Å². The van der Waals surface area contributed by atoms with E-state index in [1.54, 1.807) is 36.4 Å². The predicted octanol–water partition coefficient (Wildman–Crippen LogP) is 0.807. The van der Waals surface area contributed by atoms with Crippen molar-refractivity contribution < 1.29 is 19.8 Å². The number of aliphatic hydroxyl groups is 1. The lowest BCUT2D eigenvalue weighted by Crippen LogP contribution is -2.64. The smallest absolute Gasteiger partial charge is 0.332 e. The fourth-order valence-electron chi connectivity index (χ4n) is 3.21. The minimum atomic E-state index is -1.62. The molecule has 0 saturated heterocycles. The molecule has 3 rings (SSSR count). The molecule has 1 saturated carbocycles. The molecule has 4 atom stereocenters. The second kappa shape index (κ2) is 4.45. The molecule has 0 radical (unpaired) electrons. The highest BCUT2D eigenvalue weighted by Gasteiger charge is 2.61. The molecule has 0 heterocycles. The lowest BCUT2D eigenvalue weighted by molar-refractivity contribution is -0.150. The van der Waals surface area contributed by atoms with Crippen molar-refractivity contribution in [1.29, 1.82) is 0 Å². The van der Waals surface area contributed by atoms with E-state index in [-0.39, 0.29) is 11.8 Å². The summed E-state index contributed by atoms with van der Waals surface area (Å²) in [6.45, 7) is 0. The van der Waals surface area contributed by atoms with Gasteiger partial charge in [0.05, 0.1) is 6.10 Å². The van der Waals surface area contributed by atoms with Crippen molar-refractivity contribution in [2.24, 2.45) is 11.8 Å². The molecular formula is C15H15NO4. The zero-order chi connectivity index (χ0) is 14.3. The van der Waals surface area contributed by atoms with Gasteiger partial charge in [0.25, 0.3) is 5.91 Å². The lowest BCUT2D eigenvalue weighted by atomic mass is 9.82. The molecule has 0 spiro atoms. The first kappa shape index (κ1) is 12.9. The van der Waals surface area contributed by atoms with Gasteiger partial charge in [-0.05, 0) is 18.6 Å². The SMILES string of the molecule is O=C(N[C@]1(C(=O)O)[C@H]2C=C[C@H](C2)[C@@H]1O)c1ccccc1. The minimum absolute atomic E-state index is 0.202. The van der Waals surface area contributed by atoms with E-state index in [1.165, 1.54) is 0 Å². The molecule has 5 nitrogen and oxygen atoms in total. The average Bonchev–Trinajstić information content (AvgIpc) is 3.02. The fraction of sp³-hybridized carbons (Fsp3) is 0.333. The maximum absolute atomic E-state index is 12.2. The monoisotopic (exact) mass is 273 g/mol. The fourth-order valence-corrected chi connectivity index (χ4v) is 3.21. The van der Waals surface area contributed by atoms with Crippen LogP contribution in [0, 0.1) is 11.8 Å². The summed E-state index contributed by atoms with van der Waals surface area (Å²) in [4.78, 5) is 23.9. The van der Waals surface area contributed by atoms with Crippen LogP contribution in [0.2, 0.25) is 0 Å². The maximum Gasteiger partial charge on any atom is 0.332 e. The Hall–Kier alpha value is -2.14. The summed E-state index contributed by atoms with van der Waals surface area (Å²) < 4.78 is 0. The van der Waals surface area contributed by atoms with Crippen LogP contribution in [0.1, 0.15) is 16.8 Å². The van der Waals surface area contributed by atoms with Crippen LogP contribution in [0.5, 0.6) is 0 Å². The van der Waals surface area contributed by atoms with Crippen LogP contribution in [0.4, 0.5) is 0 Å². The lowest BCUT2D eigenvalue weighted by Gasteiger charge is -2.35. The summed E-state index contributed by atoms with van der Waals surface area (Å²) in [5.74, 6) is -2.24. The molecule has 1 aromatic rings. The molecule has 2 bridgehead atoms. The van der Waals surface area contributed by atoms with Crippen LogP contribution in [0.3, 0.4) is 0 Å². The number of amides is 1. The zero-order valence-electron chi connectivity index (χ0n) is 10.7. The van der Waals surface area contributed by atoms with Crippen molar-refractivity contribution in [1.82, 2.24) is 5.32 Å². The van der Waals surface area contributed by atoms with E-state index < -0.39 is 23.5 Å². The number of carbonyl (C=O) groups is 2. The third kappa shape index (κ3) is 1.67. The molecule has 1 fully saturated rings. The third-order valence-electron chi connectivity index (χ3n) is 4.28. The van der Waals surface area contributed by atoms with Crippen LogP contribution >= 0.6 is 0 Å². The maximum atomic E-state index is 12.2. The van der Waals surface area contributed by atoms with Crippen molar-refractivity contribution in [3.8, 4) is 0 Å². The Labute approximate surface area is 115 Å². The molecule has 2 aliphatic rings. The first-order chi connectivity index (χ1) is 9.55. The van der Waals surface area contributed by atoms with Gasteiger partial charge in [-0.2, -0.15) is 0 Å². The molecule has 3 N–H and O–H groups in total. The Morgan fingerprint density at radius 3 is 2.45 bits per heavy atom. The molecule has 20 heavy (non-hydrogen) atoms. The van der Waals surface area contributed by atoms with E-state index in [4.69, 9.17) is 0 Å². The third-order valence-corrected chi connectivity index (χ3v) is 4.28. The van der Waals surface area contributed by atoms with E-state index in [9.17, 15) is 19.8 Å². The molecule has 5 heteroatoms. The standard InChI is InChI=1S/C15H15NO4/c17-12-10-6-7-11(8-10)15(12,14(19)20)16-13(18)9-4-2-1-3-5-9/h1-7,10-12,17H,8H2,(H,16,18)(H,19,20)/t10-,11+,12+,15-/m1/s1. The Morgan fingerprint density at radius 1 is 1.20 bits per heavy atom. The van der Waals surface area contributed by atoms with E-state index in [2.05, 4.69) is 5.32 Å². The number of rotatable bonds is 3. The topological polar surface area (TPSA) is 86.6 Å². The number of fused-ring (bicyclic) bond motifs is 2. The molecule has 0 aromatic heterocycles. The number of aliphatic hydroxyl groups excluding tert-OH is 1. The van der Waals surface area contributed by atoms with E-state index in [0.29, 0.717) is 12.0 Å². The number of carbonyl (C=O) groups excluding carboxylic acids is 1. The number of aliphatic carboxylic acids is 1. The van der Waals surface area contributed by atoms with E-state index in [1.807, 2.05) is 6.08 Å². The van der Waals surface area contributed by atoms with Crippen molar-refractivity contribution in [2.45, 2.75) is 18.1 Å². The molecular weight excluding hydrogens is 258 g/mol. The summed E-state index contributed by atoms with van der Waals surface area (Å²) in [5.41, 5.74) is -1.24. The normalized spacial score (nSPS) is 34.1. The van der Waals surface area contributed by atoms with Crippen molar-refractivity contribution >= 4 is 11.9 Å². The van der Waals surface area contributed by atoms with Gasteiger partial charge in [-0.15, -0.1) is 0 Å². The predicted molar refractivity (Wildman–Crippen MR) is 71.0 cm³/mol. The van der Waals surface area contributed by atoms with Crippen LogP contribution in [0.15, 0.2) is 42.5 Å². The molecule has 0 aliphatic heterocycles. The summed E-state index contributed by atoms with van der Waals surface area (Å²) in [7, 11) is 0. The number of hydrogen-bond donors (Lipinski definition) is 3. The van der Waals surface area contributed by atoms with Crippen LogP contribution in [-0.2, 0) is 4.79 Å². The Bertz CT molecular complexity index is 583. The second-order valence-electron chi connectivity index (χ2n) is 5.33. The number of carboxylic acids is 1. The van der Waals surface area contributed by atoms with E-state index in [0.717, 1.165) is 0 Å². The van der Waals surface area contributed by atoms with Gasteiger partial charge in [0.1, 0.15) is 0 Å². The van der Waals surface area contributed by atoms with Crippen molar-refractivity contribution in [3.63, 3.8) is 0 Å². The number of hydrogen-bond acceptors (Lipinski definition) is 3. The summed E-state index contributed by atoms with van der Waals surface area (Å²) in [6.07, 6.45) is 3.06. The van der Waals surface area contributed by atoms with Gasteiger partial charge in [0.15, 0.2) is 5.54 Å². The average molecular weight is 273 g/mol. The van der Waals surface area contributed by atoms with Gasteiger partial charge >= 0.3 is 5.97 Å². The largest absolute Gasteiger partial charge is 0.479 e. The van der Waals surface area contributed by atoms with Crippen LogP contribution in [0.25, 0.3) is 0 Å². The molecule has 1 amide bonds. The van der Waals surface area contributed by atoms with Crippen LogP contribution < -0.4 is 5.32 Å². The number of benzene rings is 1. The van der Waals surface area contributed by atoms with E-state index >= 15 is 0 Å². The minimum Gasteiger partial charge on any atom is -0.479 e. The molecule has 2 aliphatic carbocycles. The highest BCUT2D eigenvalue weighted by molar-refractivity contribution is 5.98. The summed E-state index contributed by atoms with van der Waals surface area (Å²) in [6, 6.07) is 8.42. The van der Waals surface area contributed by atoms with Gasteiger partial charge < -0.3 is 15.5 Å². The van der Waals surface area contributed by atoms with Gasteiger partial charge in [0.2, 0.25) is 0 Å². The van der Waals surface area contributed by atoms with Gasteiger partial charge in [-0.1, -0.05) is 30.4 Å². The van der Waals surface area contributed by atoms with Crippen molar-refractivity contribution in [3.05, 3.63) is 48.0 Å². The number of carboxylic acid groups (broad SMARTS) is 1. The molecule has 1 aromatic carbocycles. The Morgan fingerprint density at radius 2 is 1.90 bits per heavy atom. The first-order valence-electron chi connectivity index (χ1n) is 6.53. The quantitative estimate of drug-likeness (QED) is 0.711. The first-order valence-corrected chi connectivity index (χ1v) is 6.53. The Balaban J connectivity index is 1.92. The second-order valence-corrected chi connectivity index (χ2v) is 5.33. The highest BCUT2D eigenvalue weighted by atomic mass is 16.4. The van der Waals surface area contributed by atoms with Crippen LogP contribution in [-0.4, -0.2) is 33.7 Å².